The normalized spacial score (nSPS) is 21.5. The molecule has 0 radical (unpaired) electrons. The molecule has 0 aromatic carbocycles. The number of aromatic nitrogens is 2. The number of hydrogen-bond donors (Lipinski definition) is 0. The smallest absolute Gasteiger partial charge is 0.410 e. The average molecular weight is 421 g/mol. The molecular weight excluding hydrogens is 394 g/mol. The van der Waals surface area contributed by atoms with Gasteiger partial charge in [0.25, 0.3) is 12.3 Å². The number of fused-ring (bicyclic) bond motifs is 3. The van der Waals surface area contributed by atoms with E-state index in [2.05, 4.69) is 5.10 Å². The SMILES string of the molecule is CC(C)(C)OC(=O)N1CCc2nn3c(c2C1)C(F)(F)CC[C@@H](COCC(F)F)C3. The molecule has 1 aromatic rings. The van der Waals surface area contributed by atoms with Crippen molar-refractivity contribution in [1.29, 1.82) is 0 Å². The maximum absolute atomic E-state index is 14.9. The van der Waals surface area contributed by atoms with Crippen molar-refractivity contribution < 1.29 is 31.8 Å². The average Bonchev–Trinajstić information content (AvgIpc) is 2.89. The highest BCUT2D eigenvalue weighted by Crippen LogP contribution is 2.41. The first-order valence-corrected chi connectivity index (χ1v) is 9.77. The number of rotatable bonds is 4. The summed E-state index contributed by atoms with van der Waals surface area (Å²) >= 11 is 0. The molecule has 1 amide bonds. The summed E-state index contributed by atoms with van der Waals surface area (Å²) in [6.07, 6.45) is -3.05. The van der Waals surface area contributed by atoms with Crippen LogP contribution in [0.1, 0.15) is 50.6 Å². The second-order valence-electron chi connectivity index (χ2n) is 8.65. The topological polar surface area (TPSA) is 56.6 Å². The second-order valence-corrected chi connectivity index (χ2v) is 8.65. The molecule has 0 saturated carbocycles. The number of hydrogen-bond acceptors (Lipinski definition) is 4. The van der Waals surface area contributed by atoms with E-state index in [1.54, 1.807) is 20.8 Å². The number of carbonyl (C=O) groups excluding carboxylic acids is 1. The van der Waals surface area contributed by atoms with Crippen LogP contribution < -0.4 is 0 Å². The van der Waals surface area contributed by atoms with Gasteiger partial charge in [0, 0.05) is 37.4 Å². The Morgan fingerprint density at radius 3 is 2.72 bits per heavy atom. The van der Waals surface area contributed by atoms with Crippen molar-refractivity contribution in [2.75, 3.05) is 19.8 Å². The largest absolute Gasteiger partial charge is 0.444 e. The van der Waals surface area contributed by atoms with E-state index < -0.39 is 37.1 Å². The van der Waals surface area contributed by atoms with Crippen molar-refractivity contribution >= 4 is 6.09 Å². The van der Waals surface area contributed by atoms with Gasteiger partial charge in [-0.3, -0.25) is 4.68 Å². The standard InChI is InChI=1S/C19H27F4N3O3/c1-18(2,3)29-17(27)25-7-5-14-13(9-25)16-19(22,23)6-4-12(8-26(16)24-14)10-28-11-15(20)21/h12,15H,4-11H2,1-3H3/t12-/m1/s1. The second kappa shape index (κ2) is 8.12. The Kier molecular flexibility index (Phi) is 6.12. The van der Waals surface area contributed by atoms with E-state index in [1.165, 1.54) is 9.58 Å². The Morgan fingerprint density at radius 2 is 2.07 bits per heavy atom. The van der Waals surface area contributed by atoms with E-state index in [-0.39, 0.29) is 37.7 Å². The quantitative estimate of drug-likeness (QED) is 0.691. The van der Waals surface area contributed by atoms with Crippen LogP contribution in [0.3, 0.4) is 0 Å². The number of amides is 1. The van der Waals surface area contributed by atoms with Gasteiger partial charge in [-0.25, -0.2) is 13.6 Å². The summed E-state index contributed by atoms with van der Waals surface area (Å²) in [6, 6.07) is 0. The first kappa shape index (κ1) is 21.9. The molecule has 3 heterocycles. The van der Waals surface area contributed by atoms with Gasteiger partial charge in [0.15, 0.2) is 0 Å². The lowest BCUT2D eigenvalue weighted by atomic mass is 9.98. The van der Waals surface area contributed by atoms with Gasteiger partial charge in [-0.15, -0.1) is 0 Å². The summed E-state index contributed by atoms with van der Waals surface area (Å²) in [5.74, 6) is -3.45. The Bertz CT molecular complexity index is 746. The number of alkyl halides is 4. The zero-order valence-electron chi connectivity index (χ0n) is 16.9. The molecule has 164 valence electrons. The van der Waals surface area contributed by atoms with Crippen LogP contribution in [-0.4, -0.2) is 52.6 Å². The Morgan fingerprint density at radius 1 is 1.34 bits per heavy atom. The number of nitrogens with zero attached hydrogens (tertiary/aromatic N) is 3. The molecule has 2 aliphatic heterocycles. The van der Waals surface area contributed by atoms with Crippen LogP contribution in [-0.2, 0) is 34.9 Å². The fourth-order valence-electron chi connectivity index (χ4n) is 3.75. The number of ether oxygens (including phenoxy) is 2. The molecule has 0 aliphatic carbocycles. The molecule has 0 fully saturated rings. The fraction of sp³-hybridized carbons (Fsp3) is 0.789. The molecule has 0 bridgehead atoms. The van der Waals surface area contributed by atoms with Crippen LogP contribution >= 0.6 is 0 Å². The summed E-state index contributed by atoms with van der Waals surface area (Å²) in [6.45, 7) is 5.04. The van der Waals surface area contributed by atoms with Crippen molar-refractivity contribution in [3.8, 4) is 0 Å². The van der Waals surface area contributed by atoms with Crippen molar-refractivity contribution in [2.24, 2.45) is 5.92 Å². The van der Waals surface area contributed by atoms with Gasteiger partial charge in [0.1, 0.15) is 17.9 Å². The van der Waals surface area contributed by atoms with Crippen molar-refractivity contribution in [2.45, 2.75) is 71.1 Å². The highest BCUT2D eigenvalue weighted by molar-refractivity contribution is 5.68. The molecule has 0 N–H and O–H groups in total. The molecule has 6 nitrogen and oxygen atoms in total. The summed E-state index contributed by atoms with van der Waals surface area (Å²) < 4.78 is 66.1. The van der Waals surface area contributed by atoms with Gasteiger partial charge in [0.2, 0.25) is 0 Å². The van der Waals surface area contributed by atoms with Gasteiger partial charge in [0.05, 0.1) is 18.8 Å². The van der Waals surface area contributed by atoms with Crippen molar-refractivity contribution in [3.63, 3.8) is 0 Å². The zero-order chi connectivity index (χ0) is 21.4. The lowest BCUT2D eigenvalue weighted by Gasteiger charge is -2.30. The zero-order valence-corrected chi connectivity index (χ0v) is 16.9. The monoisotopic (exact) mass is 421 g/mol. The molecule has 0 unspecified atom stereocenters. The lowest BCUT2D eigenvalue weighted by Crippen LogP contribution is -2.40. The maximum Gasteiger partial charge on any atom is 0.410 e. The molecule has 0 saturated heterocycles. The summed E-state index contributed by atoms with van der Waals surface area (Å²) in [5.41, 5.74) is 0.0508. The third-order valence-electron chi connectivity index (χ3n) is 4.99. The van der Waals surface area contributed by atoms with E-state index in [0.717, 1.165) is 0 Å². The van der Waals surface area contributed by atoms with E-state index in [4.69, 9.17) is 9.47 Å². The highest BCUT2D eigenvalue weighted by atomic mass is 19.3. The van der Waals surface area contributed by atoms with Crippen LogP contribution in [0.25, 0.3) is 0 Å². The summed E-state index contributed by atoms with van der Waals surface area (Å²) in [4.78, 5) is 13.8. The first-order valence-electron chi connectivity index (χ1n) is 9.77. The van der Waals surface area contributed by atoms with E-state index in [9.17, 15) is 22.4 Å². The minimum atomic E-state index is -3.12. The van der Waals surface area contributed by atoms with Crippen LogP contribution in [0.2, 0.25) is 0 Å². The molecule has 29 heavy (non-hydrogen) atoms. The highest BCUT2D eigenvalue weighted by Gasteiger charge is 2.44. The minimum absolute atomic E-state index is 0.0156. The van der Waals surface area contributed by atoms with Crippen LogP contribution in [0, 0.1) is 5.92 Å². The van der Waals surface area contributed by atoms with E-state index >= 15 is 0 Å². The predicted octanol–water partition coefficient (Wildman–Crippen LogP) is 3.96. The predicted molar refractivity (Wildman–Crippen MR) is 96.0 cm³/mol. The van der Waals surface area contributed by atoms with Crippen LogP contribution in [0.4, 0.5) is 22.4 Å². The fourth-order valence-corrected chi connectivity index (χ4v) is 3.75. The Hall–Kier alpha value is -1.84. The van der Waals surface area contributed by atoms with Crippen molar-refractivity contribution in [3.05, 3.63) is 17.0 Å². The molecular formula is C19H27F4N3O3. The molecule has 1 aromatic heterocycles. The lowest BCUT2D eigenvalue weighted by molar-refractivity contribution is -0.0278. The molecule has 3 rings (SSSR count). The Labute approximate surface area is 167 Å². The molecule has 0 spiro atoms. The third kappa shape index (κ3) is 5.21. The van der Waals surface area contributed by atoms with Gasteiger partial charge < -0.3 is 14.4 Å². The summed E-state index contributed by atoms with van der Waals surface area (Å²) in [7, 11) is 0. The van der Waals surface area contributed by atoms with Crippen molar-refractivity contribution in [1.82, 2.24) is 14.7 Å². The van der Waals surface area contributed by atoms with Crippen LogP contribution in [0.15, 0.2) is 0 Å². The maximum atomic E-state index is 14.9. The first-order chi connectivity index (χ1) is 13.5. The number of carbonyl (C=O) groups is 1. The Balaban J connectivity index is 1.79. The van der Waals surface area contributed by atoms with E-state index in [1.807, 2.05) is 0 Å². The third-order valence-corrected chi connectivity index (χ3v) is 4.99. The molecule has 2 aliphatic rings. The van der Waals surface area contributed by atoms with Gasteiger partial charge in [-0.05, 0) is 27.2 Å². The van der Waals surface area contributed by atoms with Gasteiger partial charge >= 0.3 is 6.09 Å². The van der Waals surface area contributed by atoms with E-state index in [0.29, 0.717) is 24.2 Å². The molecule has 10 heteroatoms. The minimum Gasteiger partial charge on any atom is -0.444 e. The number of halogens is 4. The van der Waals surface area contributed by atoms with Crippen LogP contribution in [0.5, 0.6) is 0 Å². The van der Waals surface area contributed by atoms with Gasteiger partial charge in [-0.2, -0.15) is 13.9 Å². The molecule has 1 atom stereocenters. The summed E-state index contributed by atoms with van der Waals surface area (Å²) in [5, 5.41) is 4.36. The van der Waals surface area contributed by atoms with Gasteiger partial charge in [-0.1, -0.05) is 0 Å².